The van der Waals surface area contributed by atoms with Crippen LogP contribution < -0.4 is 10.6 Å². The number of anilines is 1. The molecule has 30 heavy (non-hydrogen) atoms. The van der Waals surface area contributed by atoms with Crippen molar-refractivity contribution in [1.82, 2.24) is 0 Å². The molecular formula is C26H30N2OS. The minimum absolute atomic E-state index is 0.0283. The number of hydrogen-bond donors (Lipinski definition) is 1. The number of thiophene rings is 1. The molecule has 0 aliphatic heterocycles. The fraction of sp³-hybridized carbons (Fsp3) is 0.346. The molecule has 1 amide bonds. The van der Waals surface area contributed by atoms with E-state index in [2.05, 4.69) is 79.2 Å². The van der Waals surface area contributed by atoms with Gasteiger partial charge in [0.25, 0.3) is 0 Å². The number of amides is 1. The van der Waals surface area contributed by atoms with Crippen molar-refractivity contribution in [3.05, 3.63) is 77.0 Å². The van der Waals surface area contributed by atoms with Crippen LogP contribution in [0, 0.1) is 11.8 Å². The summed E-state index contributed by atoms with van der Waals surface area (Å²) in [6.45, 7) is 4.91. The van der Waals surface area contributed by atoms with Crippen LogP contribution in [0.2, 0.25) is 0 Å². The average molecular weight is 419 g/mol. The molecule has 2 N–H and O–H groups in total. The molecule has 4 rings (SSSR count). The molecule has 2 aromatic carbocycles. The molecule has 4 heteroatoms. The van der Waals surface area contributed by atoms with Gasteiger partial charge in [-0.3, -0.25) is 4.79 Å². The maximum atomic E-state index is 13.5. The summed E-state index contributed by atoms with van der Waals surface area (Å²) in [4.78, 5) is 15.4. The van der Waals surface area contributed by atoms with Crippen molar-refractivity contribution in [3.8, 4) is 11.1 Å². The van der Waals surface area contributed by atoms with Crippen molar-refractivity contribution in [1.29, 1.82) is 0 Å². The molecule has 1 aliphatic rings. The second-order valence-corrected chi connectivity index (χ2v) is 9.54. The Morgan fingerprint density at radius 1 is 1.07 bits per heavy atom. The minimum Gasteiger partial charge on any atom is -0.326 e. The molecule has 1 aromatic heterocycles. The van der Waals surface area contributed by atoms with Crippen molar-refractivity contribution in [2.75, 3.05) is 11.4 Å². The zero-order chi connectivity index (χ0) is 21.1. The molecule has 3 nitrogen and oxygen atoms in total. The molecule has 1 aliphatic carbocycles. The number of rotatable bonds is 8. The summed E-state index contributed by atoms with van der Waals surface area (Å²) in [7, 11) is 0. The molecule has 0 unspecified atom stereocenters. The third-order valence-corrected chi connectivity index (χ3v) is 6.51. The van der Waals surface area contributed by atoms with E-state index in [-0.39, 0.29) is 17.9 Å². The number of hydrogen-bond acceptors (Lipinski definition) is 3. The first-order chi connectivity index (χ1) is 14.5. The van der Waals surface area contributed by atoms with Crippen LogP contribution in [0.25, 0.3) is 11.1 Å². The topological polar surface area (TPSA) is 46.3 Å². The van der Waals surface area contributed by atoms with Gasteiger partial charge in [0, 0.05) is 24.2 Å². The quantitative estimate of drug-likeness (QED) is 0.493. The molecule has 1 saturated carbocycles. The normalized spacial score (nSPS) is 18.9. The SMILES string of the molecule is CC(C)C[C@H](N)CN(C(=O)[C@@H]1C[C@H]1c1ccccc1)c1ccc(-c2ccsc2)cc1. The smallest absolute Gasteiger partial charge is 0.230 e. The van der Waals surface area contributed by atoms with Crippen LogP contribution in [-0.2, 0) is 4.79 Å². The molecule has 3 atom stereocenters. The van der Waals surface area contributed by atoms with E-state index in [1.165, 1.54) is 16.7 Å². The summed E-state index contributed by atoms with van der Waals surface area (Å²) in [5, 5.41) is 4.23. The Bertz CT molecular complexity index is 950. The maximum absolute atomic E-state index is 13.5. The Hall–Kier alpha value is -2.43. The van der Waals surface area contributed by atoms with Gasteiger partial charge >= 0.3 is 0 Å². The van der Waals surface area contributed by atoms with Crippen molar-refractivity contribution in [3.63, 3.8) is 0 Å². The van der Waals surface area contributed by atoms with Gasteiger partial charge in [-0.05, 0) is 70.3 Å². The van der Waals surface area contributed by atoms with Gasteiger partial charge in [-0.2, -0.15) is 11.3 Å². The molecule has 0 radical (unpaired) electrons. The van der Waals surface area contributed by atoms with Gasteiger partial charge in [-0.1, -0.05) is 56.3 Å². The lowest BCUT2D eigenvalue weighted by Crippen LogP contribution is -2.42. The van der Waals surface area contributed by atoms with E-state index in [4.69, 9.17) is 5.73 Å². The molecule has 0 bridgehead atoms. The van der Waals surface area contributed by atoms with Gasteiger partial charge in [0.1, 0.15) is 0 Å². The number of nitrogens with two attached hydrogens (primary N) is 1. The van der Waals surface area contributed by atoms with Crippen LogP contribution in [0.4, 0.5) is 5.69 Å². The highest BCUT2D eigenvalue weighted by Gasteiger charge is 2.46. The summed E-state index contributed by atoms with van der Waals surface area (Å²) < 4.78 is 0. The molecule has 1 fully saturated rings. The van der Waals surface area contributed by atoms with Crippen LogP contribution in [0.1, 0.15) is 38.2 Å². The Morgan fingerprint density at radius 2 is 1.80 bits per heavy atom. The molecule has 3 aromatic rings. The van der Waals surface area contributed by atoms with Crippen LogP contribution in [0.5, 0.6) is 0 Å². The molecule has 156 valence electrons. The summed E-state index contributed by atoms with van der Waals surface area (Å²) in [5.74, 6) is 1.09. The second kappa shape index (κ2) is 9.15. The highest BCUT2D eigenvalue weighted by Crippen LogP contribution is 2.48. The Morgan fingerprint density at radius 3 is 2.43 bits per heavy atom. The Labute approximate surface area is 183 Å². The van der Waals surface area contributed by atoms with Crippen molar-refractivity contribution >= 4 is 22.9 Å². The maximum Gasteiger partial charge on any atom is 0.230 e. The van der Waals surface area contributed by atoms with E-state index in [1.54, 1.807) is 11.3 Å². The van der Waals surface area contributed by atoms with Gasteiger partial charge in [0.15, 0.2) is 0 Å². The summed E-state index contributed by atoms with van der Waals surface area (Å²) in [6, 6.07) is 20.8. The summed E-state index contributed by atoms with van der Waals surface area (Å²) in [6.07, 6.45) is 1.83. The zero-order valence-electron chi connectivity index (χ0n) is 17.7. The number of nitrogens with zero attached hydrogens (tertiary/aromatic N) is 1. The Kier molecular flexibility index (Phi) is 6.35. The van der Waals surface area contributed by atoms with Gasteiger partial charge < -0.3 is 10.6 Å². The predicted octanol–water partition coefficient (Wildman–Crippen LogP) is 5.93. The fourth-order valence-electron chi connectivity index (χ4n) is 4.24. The van der Waals surface area contributed by atoms with E-state index in [0.29, 0.717) is 18.4 Å². The van der Waals surface area contributed by atoms with E-state index in [1.807, 2.05) is 11.0 Å². The van der Waals surface area contributed by atoms with Crippen LogP contribution in [0.15, 0.2) is 71.4 Å². The highest BCUT2D eigenvalue weighted by molar-refractivity contribution is 7.08. The average Bonchev–Trinajstić information content (AvgIpc) is 3.36. The molecule has 1 heterocycles. The van der Waals surface area contributed by atoms with Crippen molar-refractivity contribution in [2.45, 2.75) is 38.6 Å². The lowest BCUT2D eigenvalue weighted by atomic mass is 10.0. The predicted molar refractivity (Wildman–Crippen MR) is 127 cm³/mol. The van der Waals surface area contributed by atoms with E-state index < -0.39 is 0 Å². The summed E-state index contributed by atoms with van der Waals surface area (Å²) >= 11 is 1.69. The largest absolute Gasteiger partial charge is 0.326 e. The Balaban J connectivity index is 1.54. The number of benzene rings is 2. The molecule has 0 saturated heterocycles. The van der Waals surface area contributed by atoms with Crippen LogP contribution in [-0.4, -0.2) is 18.5 Å². The van der Waals surface area contributed by atoms with Crippen LogP contribution >= 0.6 is 11.3 Å². The minimum atomic E-state index is -0.0283. The van der Waals surface area contributed by atoms with Crippen molar-refractivity contribution in [2.24, 2.45) is 17.6 Å². The van der Waals surface area contributed by atoms with Crippen molar-refractivity contribution < 1.29 is 4.79 Å². The standard InChI is InChI=1S/C26H30N2OS/c1-18(2)14-22(27)16-28(23-10-8-19(9-11-23)21-12-13-30-17-21)26(29)25-15-24(25)20-6-4-3-5-7-20/h3-13,17-18,22,24-25H,14-16,27H2,1-2H3/t22-,24-,25+/m0/s1. The van der Waals surface area contributed by atoms with Gasteiger partial charge in [0.05, 0.1) is 0 Å². The zero-order valence-corrected chi connectivity index (χ0v) is 18.5. The van der Waals surface area contributed by atoms with E-state index in [9.17, 15) is 4.79 Å². The van der Waals surface area contributed by atoms with E-state index in [0.717, 1.165) is 18.5 Å². The molecule has 0 spiro atoms. The molecular weight excluding hydrogens is 388 g/mol. The van der Waals surface area contributed by atoms with Gasteiger partial charge in [-0.25, -0.2) is 0 Å². The summed E-state index contributed by atoms with van der Waals surface area (Å²) in [5.41, 5.74) is 11.0. The van der Waals surface area contributed by atoms with E-state index >= 15 is 0 Å². The number of carbonyl (C=O) groups excluding carboxylic acids is 1. The highest BCUT2D eigenvalue weighted by atomic mass is 32.1. The van der Waals surface area contributed by atoms with Gasteiger partial charge in [-0.15, -0.1) is 0 Å². The third-order valence-electron chi connectivity index (χ3n) is 5.83. The third kappa shape index (κ3) is 4.82. The fourth-order valence-corrected chi connectivity index (χ4v) is 4.90. The monoisotopic (exact) mass is 418 g/mol. The lowest BCUT2D eigenvalue weighted by molar-refractivity contribution is -0.120. The number of carbonyl (C=O) groups is 1. The first-order valence-electron chi connectivity index (χ1n) is 10.8. The second-order valence-electron chi connectivity index (χ2n) is 8.76. The van der Waals surface area contributed by atoms with Gasteiger partial charge in [0.2, 0.25) is 5.91 Å². The first kappa shape index (κ1) is 20.8. The van der Waals surface area contributed by atoms with Crippen LogP contribution in [0.3, 0.4) is 0 Å². The lowest BCUT2D eigenvalue weighted by Gasteiger charge is -2.27. The first-order valence-corrected chi connectivity index (χ1v) is 11.7.